The lowest BCUT2D eigenvalue weighted by Crippen LogP contribution is -2.47. The smallest absolute Gasteiger partial charge is 0.335 e. The van der Waals surface area contributed by atoms with Crippen molar-refractivity contribution in [3.8, 4) is 0 Å². The normalized spacial score (nSPS) is 19.9. The van der Waals surface area contributed by atoms with E-state index < -0.39 is 5.97 Å². The summed E-state index contributed by atoms with van der Waals surface area (Å²) >= 11 is 6.09. The largest absolute Gasteiger partial charge is 0.478 e. The van der Waals surface area contributed by atoms with Crippen molar-refractivity contribution < 1.29 is 19.4 Å². The van der Waals surface area contributed by atoms with Crippen LogP contribution in [0, 0.1) is 6.92 Å². The van der Waals surface area contributed by atoms with Crippen molar-refractivity contribution in [1.29, 1.82) is 0 Å². The second kappa shape index (κ2) is 9.37. The van der Waals surface area contributed by atoms with Crippen LogP contribution in [0.4, 0.5) is 0 Å². The van der Waals surface area contributed by atoms with E-state index in [9.17, 15) is 9.59 Å². The number of carbonyl (C=O) groups excluding carboxylic acids is 1. The Bertz CT molecular complexity index is 819. The van der Waals surface area contributed by atoms with E-state index in [0.29, 0.717) is 19.6 Å². The molecular formula is C21H25ClN2O4. The van der Waals surface area contributed by atoms with Crippen molar-refractivity contribution in [2.24, 2.45) is 0 Å². The number of nitrogens with zero attached hydrogens (tertiary/aromatic N) is 1. The van der Waals surface area contributed by atoms with Gasteiger partial charge in [-0.1, -0.05) is 35.4 Å². The molecule has 1 aliphatic heterocycles. The molecule has 3 rings (SSSR count). The molecule has 7 heteroatoms. The van der Waals surface area contributed by atoms with E-state index in [1.54, 1.807) is 12.2 Å². The highest BCUT2D eigenvalue weighted by molar-refractivity contribution is 6.31. The third-order valence-corrected chi connectivity index (χ3v) is 5.38. The fourth-order valence-corrected chi connectivity index (χ4v) is 3.58. The molecule has 1 amide bonds. The van der Waals surface area contributed by atoms with Gasteiger partial charge in [-0.15, -0.1) is 0 Å². The number of hydrogen-bond acceptors (Lipinski definition) is 4. The van der Waals surface area contributed by atoms with Crippen LogP contribution >= 0.6 is 11.6 Å². The van der Waals surface area contributed by atoms with Gasteiger partial charge in [0.1, 0.15) is 0 Å². The number of aliphatic carboxylic acids is 1. The monoisotopic (exact) mass is 404 g/mol. The zero-order chi connectivity index (χ0) is 20.1. The number of hydrogen-bond donors (Lipinski definition) is 2. The van der Waals surface area contributed by atoms with Crippen molar-refractivity contribution in [2.45, 2.75) is 32.4 Å². The summed E-state index contributed by atoms with van der Waals surface area (Å²) in [6.07, 6.45) is 3.88. The Balaban J connectivity index is 1.43. The number of ether oxygens (including phenoxy) is 1. The van der Waals surface area contributed by atoms with Crippen molar-refractivity contribution in [1.82, 2.24) is 10.2 Å². The van der Waals surface area contributed by atoms with Crippen LogP contribution in [0.15, 0.2) is 41.5 Å². The van der Waals surface area contributed by atoms with Gasteiger partial charge < -0.3 is 15.2 Å². The molecule has 150 valence electrons. The molecule has 2 aliphatic rings. The van der Waals surface area contributed by atoms with Gasteiger partial charge in [-0.3, -0.25) is 9.69 Å². The fraction of sp³-hybridized carbons (Fsp3) is 0.429. The predicted octanol–water partition coefficient (Wildman–Crippen LogP) is 2.70. The van der Waals surface area contributed by atoms with Gasteiger partial charge in [0.05, 0.1) is 18.3 Å². The zero-order valence-electron chi connectivity index (χ0n) is 15.9. The minimum absolute atomic E-state index is 0.0589. The van der Waals surface area contributed by atoms with Gasteiger partial charge >= 0.3 is 5.97 Å². The fourth-order valence-electron chi connectivity index (χ4n) is 3.46. The van der Waals surface area contributed by atoms with E-state index in [1.165, 1.54) is 5.56 Å². The molecule has 0 unspecified atom stereocenters. The standard InChI is InChI=1S/C21H25ClN2O4/c1-14-8-16(3-5-19(14)22)12-24-6-7-28-18(13-24)11-23-20(25)10-15-2-4-17(9-15)21(26)27/h3-5,8-9,18H,2,6-7,10-13H2,1H3,(H,23,25)(H,26,27)/t18-/m0/s1. The first kappa shape index (κ1) is 20.6. The van der Waals surface area contributed by atoms with E-state index in [0.717, 1.165) is 35.8 Å². The number of carboxylic acid groups (broad SMARTS) is 1. The molecule has 0 aromatic heterocycles. The number of halogens is 1. The molecule has 1 saturated heterocycles. The van der Waals surface area contributed by atoms with Crippen LogP contribution in [0.2, 0.25) is 5.02 Å². The Morgan fingerprint density at radius 2 is 2.21 bits per heavy atom. The van der Waals surface area contributed by atoms with Crippen LogP contribution in [0.1, 0.15) is 24.0 Å². The quantitative estimate of drug-likeness (QED) is 0.730. The van der Waals surface area contributed by atoms with E-state index >= 15 is 0 Å². The summed E-state index contributed by atoms with van der Waals surface area (Å²) in [5.41, 5.74) is 3.35. The first-order chi connectivity index (χ1) is 13.4. The maximum atomic E-state index is 12.2. The van der Waals surface area contributed by atoms with Gasteiger partial charge in [0.2, 0.25) is 5.91 Å². The van der Waals surface area contributed by atoms with Gasteiger partial charge in [0.15, 0.2) is 0 Å². The van der Waals surface area contributed by atoms with E-state index in [2.05, 4.69) is 16.3 Å². The Morgan fingerprint density at radius 3 is 2.93 bits per heavy atom. The third-order valence-electron chi connectivity index (χ3n) is 4.96. The first-order valence-electron chi connectivity index (χ1n) is 9.39. The molecule has 1 atom stereocenters. The minimum atomic E-state index is -0.956. The van der Waals surface area contributed by atoms with Crippen molar-refractivity contribution >= 4 is 23.5 Å². The zero-order valence-corrected chi connectivity index (χ0v) is 16.7. The summed E-state index contributed by atoms with van der Waals surface area (Å²) in [5.74, 6) is -1.07. The Labute approximate surface area is 169 Å². The highest BCUT2D eigenvalue weighted by atomic mass is 35.5. The van der Waals surface area contributed by atoms with Crippen molar-refractivity contribution in [2.75, 3.05) is 26.2 Å². The highest BCUT2D eigenvalue weighted by Gasteiger charge is 2.22. The lowest BCUT2D eigenvalue weighted by Gasteiger charge is -2.33. The molecule has 1 aromatic rings. The topological polar surface area (TPSA) is 78.9 Å². The van der Waals surface area contributed by atoms with Crippen LogP contribution in [-0.2, 0) is 20.9 Å². The summed E-state index contributed by atoms with van der Waals surface area (Å²) in [7, 11) is 0. The average Bonchev–Trinajstić information content (AvgIpc) is 3.12. The second-order valence-corrected chi connectivity index (χ2v) is 7.67. The number of aryl methyl sites for hydroxylation is 1. The number of amides is 1. The Kier molecular flexibility index (Phi) is 6.88. The lowest BCUT2D eigenvalue weighted by atomic mass is 10.1. The Hall–Kier alpha value is -2.15. The first-order valence-corrected chi connectivity index (χ1v) is 9.77. The van der Waals surface area contributed by atoms with Gasteiger partial charge in [-0.05, 0) is 36.6 Å². The molecule has 0 spiro atoms. The van der Waals surface area contributed by atoms with Gasteiger partial charge in [0, 0.05) is 37.6 Å². The molecule has 1 heterocycles. The van der Waals surface area contributed by atoms with Crippen LogP contribution < -0.4 is 5.32 Å². The van der Waals surface area contributed by atoms with Crippen LogP contribution in [0.3, 0.4) is 0 Å². The van der Waals surface area contributed by atoms with Crippen molar-refractivity contribution in [3.63, 3.8) is 0 Å². The van der Waals surface area contributed by atoms with E-state index in [4.69, 9.17) is 21.4 Å². The third kappa shape index (κ3) is 5.67. The molecule has 2 N–H and O–H groups in total. The highest BCUT2D eigenvalue weighted by Crippen LogP contribution is 2.21. The summed E-state index contributed by atoms with van der Waals surface area (Å²) < 4.78 is 5.78. The molecule has 0 saturated carbocycles. The van der Waals surface area contributed by atoms with Crippen LogP contribution in [0.5, 0.6) is 0 Å². The molecule has 0 radical (unpaired) electrons. The molecule has 1 fully saturated rings. The number of rotatable bonds is 7. The minimum Gasteiger partial charge on any atom is -0.478 e. The number of benzene rings is 1. The van der Waals surface area contributed by atoms with E-state index in [1.807, 2.05) is 19.1 Å². The predicted molar refractivity (Wildman–Crippen MR) is 107 cm³/mol. The number of carbonyl (C=O) groups is 2. The van der Waals surface area contributed by atoms with Crippen molar-refractivity contribution in [3.05, 3.63) is 57.6 Å². The number of allylic oxidation sites excluding steroid dienone is 1. The molecule has 0 bridgehead atoms. The molecule has 1 aliphatic carbocycles. The van der Waals surface area contributed by atoms with Gasteiger partial charge in [0.25, 0.3) is 0 Å². The average molecular weight is 405 g/mol. The van der Waals surface area contributed by atoms with Gasteiger partial charge in [-0.25, -0.2) is 4.79 Å². The maximum Gasteiger partial charge on any atom is 0.335 e. The van der Waals surface area contributed by atoms with Crippen LogP contribution in [0.25, 0.3) is 0 Å². The molecule has 28 heavy (non-hydrogen) atoms. The maximum absolute atomic E-state index is 12.2. The molecule has 6 nitrogen and oxygen atoms in total. The SMILES string of the molecule is Cc1cc(CN2CCO[C@@H](CNC(=O)CC3=CC(C(=O)O)=CC3)C2)ccc1Cl. The summed E-state index contributed by atoms with van der Waals surface area (Å²) in [6, 6.07) is 6.06. The summed E-state index contributed by atoms with van der Waals surface area (Å²) in [4.78, 5) is 25.4. The van der Waals surface area contributed by atoms with E-state index in [-0.39, 0.29) is 24.0 Å². The summed E-state index contributed by atoms with van der Waals surface area (Å²) in [6.45, 7) is 5.49. The molecular weight excluding hydrogens is 380 g/mol. The van der Waals surface area contributed by atoms with Gasteiger partial charge in [-0.2, -0.15) is 0 Å². The summed E-state index contributed by atoms with van der Waals surface area (Å²) in [5, 5.41) is 12.6. The number of carboxylic acids is 1. The molecule has 1 aromatic carbocycles. The lowest BCUT2D eigenvalue weighted by molar-refractivity contribution is -0.132. The second-order valence-electron chi connectivity index (χ2n) is 7.26. The number of nitrogens with one attached hydrogen (secondary N) is 1. The Morgan fingerprint density at radius 1 is 1.39 bits per heavy atom. The van der Waals surface area contributed by atoms with Crippen LogP contribution in [-0.4, -0.2) is 54.2 Å². The number of morpholine rings is 1.